The summed E-state index contributed by atoms with van der Waals surface area (Å²) in [6.07, 6.45) is 2.01. The van der Waals surface area contributed by atoms with Gasteiger partial charge in [-0.15, -0.1) is 0 Å². The van der Waals surface area contributed by atoms with Gasteiger partial charge in [-0.1, -0.05) is 29.4 Å². The number of halogens is 2. The molecule has 0 bridgehead atoms. The molecular weight excluding hydrogens is 275 g/mol. The lowest BCUT2D eigenvalue weighted by atomic mass is 10.1. The number of nitrogen functional groups attached to an aromatic ring is 1. The Kier molecular flexibility index (Phi) is 3.98. The van der Waals surface area contributed by atoms with Gasteiger partial charge in [0, 0.05) is 17.0 Å². The fourth-order valence-corrected chi connectivity index (χ4v) is 2.06. The minimum Gasteiger partial charge on any atom is -0.368 e. The van der Waals surface area contributed by atoms with Crippen LogP contribution in [0.1, 0.15) is 11.4 Å². The zero-order valence-electron chi connectivity index (χ0n) is 9.52. The third kappa shape index (κ3) is 2.88. The predicted molar refractivity (Wildman–Crippen MR) is 70.2 cm³/mol. The number of benzene rings is 1. The van der Waals surface area contributed by atoms with Crippen molar-refractivity contribution in [2.24, 2.45) is 0 Å². The van der Waals surface area contributed by atoms with Gasteiger partial charge in [0.15, 0.2) is 5.16 Å². The van der Waals surface area contributed by atoms with Crippen LogP contribution in [0.2, 0.25) is 5.02 Å². The van der Waals surface area contributed by atoms with E-state index in [1.54, 1.807) is 12.1 Å². The standard InChI is InChI=1S/C11H10ClFN4S/c1-18-11-16-9(15-10(14)17-11)5-6-7(12)3-2-4-8(6)13/h2-4H,5H2,1H3,(H2,14,15,16,17). The van der Waals surface area contributed by atoms with Crippen LogP contribution in [-0.2, 0) is 6.42 Å². The van der Waals surface area contributed by atoms with Gasteiger partial charge in [-0.25, -0.2) is 9.37 Å². The van der Waals surface area contributed by atoms with E-state index in [2.05, 4.69) is 15.0 Å². The molecule has 1 aromatic heterocycles. The third-order valence-corrected chi connectivity index (χ3v) is 3.16. The molecule has 2 N–H and O–H groups in total. The molecular formula is C11H10ClFN4S. The lowest BCUT2D eigenvalue weighted by molar-refractivity contribution is 0.611. The smallest absolute Gasteiger partial charge is 0.224 e. The molecule has 1 aromatic carbocycles. The molecule has 7 heteroatoms. The van der Waals surface area contributed by atoms with Crippen molar-refractivity contribution in [1.29, 1.82) is 0 Å². The first-order valence-corrected chi connectivity index (χ1v) is 6.67. The second-order valence-electron chi connectivity index (χ2n) is 3.47. The number of nitrogens with two attached hydrogens (primary N) is 1. The fraction of sp³-hybridized carbons (Fsp3) is 0.182. The van der Waals surface area contributed by atoms with E-state index >= 15 is 0 Å². The minimum atomic E-state index is -0.382. The zero-order valence-corrected chi connectivity index (χ0v) is 11.1. The molecule has 0 atom stereocenters. The fourth-order valence-electron chi connectivity index (χ4n) is 1.45. The molecule has 0 aliphatic carbocycles. The molecule has 2 rings (SSSR count). The van der Waals surface area contributed by atoms with E-state index in [0.29, 0.717) is 21.6 Å². The van der Waals surface area contributed by atoms with Gasteiger partial charge < -0.3 is 5.73 Å². The molecule has 0 saturated carbocycles. The Labute approximate surface area is 113 Å². The Hall–Kier alpha value is -1.40. The molecule has 0 unspecified atom stereocenters. The average Bonchev–Trinajstić information content (AvgIpc) is 2.33. The molecule has 94 valence electrons. The number of aromatic nitrogens is 3. The molecule has 2 aromatic rings. The normalized spacial score (nSPS) is 10.6. The number of hydrogen-bond acceptors (Lipinski definition) is 5. The maximum Gasteiger partial charge on any atom is 0.224 e. The largest absolute Gasteiger partial charge is 0.368 e. The quantitative estimate of drug-likeness (QED) is 0.878. The van der Waals surface area contributed by atoms with Gasteiger partial charge in [0.1, 0.15) is 11.6 Å². The van der Waals surface area contributed by atoms with Crippen LogP contribution in [0.15, 0.2) is 23.4 Å². The summed E-state index contributed by atoms with van der Waals surface area (Å²) in [5.41, 5.74) is 5.92. The SMILES string of the molecule is CSc1nc(N)nc(Cc2c(F)cccc2Cl)n1. The number of anilines is 1. The molecule has 0 amide bonds. The van der Waals surface area contributed by atoms with Crippen LogP contribution in [0.25, 0.3) is 0 Å². The van der Waals surface area contributed by atoms with Crippen molar-refractivity contribution in [2.45, 2.75) is 11.6 Å². The molecule has 0 aliphatic rings. The lowest BCUT2D eigenvalue weighted by Gasteiger charge is -2.06. The van der Waals surface area contributed by atoms with Crippen molar-refractivity contribution in [2.75, 3.05) is 12.0 Å². The van der Waals surface area contributed by atoms with Crippen LogP contribution in [0.5, 0.6) is 0 Å². The second-order valence-corrected chi connectivity index (χ2v) is 4.65. The van der Waals surface area contributed by atoms with Gasteiger partial charge in [-0.3, -0.25) is 0 Å². The van der Waals surface area contributed by atoms with Crippen LogP contribution in [0, 0.1) is 5.82 Å². The summed E-state index contributed by atoms with van der Waals surface area (Å²) in [6.45, 7) is 0. The number of hydrogen-bond donors (Lipinski definition) is 1. The summed E-state index contributed by atoms with van der Waals surface area (Å²) in [4.78, 5) is 12.1. The van der Waals surface area contributed by atoms with Crippen molar-refractivity contribution in [3.63, 3.8) is 0 Å². The van der Waals surface area contributed by atoms with Crippen molar-refractivity contribution >= 4 is 29.3 Å². The van der Waals surface area contributed by atoms with E-state index in [0.717, 1.165) is 0 Å². The number of rotatable bonds is 3. The summed E-state index contributed by atoms with van der Waals surface area (Å²) in [7, 11) is 0. The van der Waals surface area contributed by atoms with Crippen molar-refractivity contribution in [3.05, 3.63) is 40.4 Å². The van der Waals surface area contributed by atoms with Crippen LogP contribution in [0.3, 0.4) is 0 Å². The highest BCUT2D eigenvalue weighted by Crippen LogP contribution is 2.21. The van der Waals surface area contributed by atoms with E-state index in [9.17, 15) is 4.39 Å². The van der Waals surface area contributed by atoms with E-state index < -0.39 is 0 Å². The van der Waals surface area contributed by atoms with E-state index in [1.807, 2.05) is 6.26 Å². The van der Waals surface area contributed by atoms with Gasteiger partial charge in [0.05, 0.1) is 0 Å². The van der Waals surface area contributed by atoms with Crippen LogP contribution in [-0.4, -0.2) is 21.2 Å². The van der Waals surface area contributed by atoms with Gasteiger partial charge in [-0.2, -0.15) is 9.97 Å². The Morgan fingerprint density at radius 2 is 2.11 bits per heavy atom. The molecule has 0 spiro atoms. The first kappa shape index (κ1) is 13.0. The van der Waals surface area contributed by atoms with E-state index in [-0.39, 0.29) is 18.2 Å². The zero-order chi connectivity index (χ0) is 13.1. The van der Waals surface area contributed by atoms with Gasteiger partial charge in [-0.05, 0) is 18.4 Å². The Balaban J connectivity index is 2.37. The minimum absolute atomic E-state index is 0.122. The van der Waals surface area contributed by atoms with E-state index in [4.69, 9.17) is 17.3 Å². The molecule has 4 nitrogen and oxygen atoms in total. The first-order chi connectivity index (χ1) is 8.60. The topological polar surface area (TPSA) is 64.7 Å². The first-order valence-electron chi connectivity index (χ1n) is 5.07. The number of nitrogens with zero attached hydrogens (tertiary/aromatic N) is 3. The van der Waals surface area contributed by atoms with Gasteiger partial charge in [0.25, 0.3) is 0 Å². The molecule has 0 aliphatic heterocycles. The summed E-state index contributed by atoms with van der Waals surface area (Å²) in [5.74, 6) is 0.142. The highest BCUT2D eigenvalue weighted by molar-refractivity contribution is 7.98. The monoisotopic (exact) mass is 284 g/mol. The summed E-state index contributed by atoms with van der Waals surface area (Å²) in [6, 6.07) is 4.53. The average molecular weight is 285 g/mol. The van der Waals surface area contributed by atoms with Gasteiger partial charge in [0.2, 0.25) is 5.95 Å². The van der Waals surface area contributed by atoms with Gasteiger partial charge >= 0.3 is 0 Å². The third-order valence-electron chi connectivity index (χ3n) is 2.26. The molecule has 18 heavy (non-hydrogen) atoms. The van der Waals surface area contributed by atoms with E-state index in [1.165, 1.54) is 17.8 Å². The van der Waals surface area contributed by atoms with Crippen molar-refractivity contribution in [3.8, 4) is 0 Å². The maximum absolute atomic E-state index is 13.6. The summed E-state index contributed by atoms with van der Waals surface area (Å²) >= 11 is 7.29. The summed E-state index contributed by atoms with van der Waals surface area (Å²) < 4.78 is 13.6. The molecule has 1 heterocycles. The molecule has 0 radical (unpaired) electrons. The predicted octanol–water partition coefficient (Wildman–Crippen LogP) is 2.56. The second kappa shape index (κ2) is 5.49. The van der Waals surface area contributed by atoms with Crippen molar-refractivity contribution < 1.29 is 4.39 Å². The maximum atomic E-state index is 13.6. The van der Waals surface area contributed by atoms with Crippen LogP contribution < -0.4 is 5.73 Å². The van der Waals surface area contributed by atoms with Crippen molar-refractivity contribution in [1.82, 2.24) is 15.0 Å². The highest BCUT2D eigenvalue weighted by Gasteiger charge is 2.11. The lowest BCUT2D eigenvalue weighted by Crippen LogP contribution is -2.06. The van der Waals surface area contributed by atoms with Crippen LogP contribution in [0.4, 0.5) is 10.3 Å². The Morgan fingerprint density at radius 3 is 2.78 bits per heavy atom. The molecule has 0 fully saturated rings. The molecule has 0 saturated heterocycles. The Morgan fingerprint density at radius 1 is 1.33 bits per heavy atom. The highest BCUT2D eigenvalue weighted by atomic mass is 35.5. The Bertz CT molecular complexity index is 559. The summed E-state index contributed by atoms with van der Waals surface area (Å²) in [5, 5.41) is 0.852. The number of thioether (sulfide) groups is 1. The van der Waals surface area contributed by atoms with Crippen LogP contribution >= 0.6 is 23.4 Å².